The van der Waals surface area contributed by atoms with Crippen LogP contribution < -0.4 is 14.2 Å². The van der Waals surface area contributed by atoms with Crippen LogP contribution in [0.3, 0.4) is 0 Å². The van der Waals surface area contributed by atoms with E-state index in [2.05, 4.69) is 0 Å². The molecular formula is C23H24FNO6. The number of rotatable bonds is 7. The maximum absolute atomic E-state index is 13.4. The van der Waals surface area contributed by atoms with Gasteiger partial charge in [0.1, 0.15) is 24.3 Å². The molecule has 164 valence electrons. The van der Waals surface area contributed by atoms with E-state index < -0.39 is 5.82 Å². The number of hydrogen-bond acceptors (Lipinski definition) is 6. The molecule has 8 heteroatoms. The average molecular weight is 429 g/mol. The molecule has 2 aliphatic heterocycles. The molecule has 4 rings (SSSR count). The number of Topliss-reactive ketones (excluding diaryl/α,β-unsaturated/α-hetero) is 1. The molecule has 2 aromatic carbocycles. The number of ether oxygens (including phenoxy) is 4. The zero-order chi connectivity index (χ0) is 21.8. The highest BCUT2D eigenvalue weighted by Crippen LogP contribution is 2.32. The number of nitrogens with zero attached hydrogens (tertiary/aromatic N) is 1. The van der Waals surface area contributed by atoms with E-state index in [1.54, 1.807) is 4.90 Å². The molecule has 0 spiro atoms. The van der Waals surface area contributed by atoms with Gasteiger partial charge in [-0.25, -0.2) is 4.39 Å². The Morgan fingerprint density at radius 1 is 1.16 bits per heavy atom. The summed E-state index contributed by atoms with van der Waals surface area (Å²) in [5.41, 5.74) is 1.20. The highest BCUT2D eigenvalue weighted by atomic mass is 19.1. The van der Waals surface area contributed by atoms with Crippen molar-refractivity contribution in [2.24, 2.45) is 0 Å². The van der Waals surface area contributed by atoms with Crippen molar-refractivity contribution in [1.29, 1.82) is 0 Å². The van der Waals surface area contributed by atoms with E-state index in [0.717, 1.165) is 17.4 Å². The lowest BCUT2D eigenvalue weighted by Gasteiger charge is -2.33. The molecule has 1 unspecified atom stereocenters. The van der Waals surface area contributed by atoms with Crippen LogP contribution in [0.15, 0.2) is 36.4 Å². The molecule has 2 aliphatic rings. The van der Waals surface area contributed by atoms with Crippen LogP contribution in [-0.4, -0.2) is 55.8 Å². The summed E-state index contributed by atoms with van der Waals surface area (Å²) in [6.45, 7) is 3.08. The third-order valence-corrected chi connectivity index (χ3v) is 5.30. The minimum absolute atomic E-state index is 0.0391. The van der Waals surface area contributed by atoms with Crippen LogP contribution in [-0.2, 0) is 16.0 Å². The van der Waals surface area contributed by atoms with E-state index in [9.17, 15) is 14.0 Å². The molecule has 0 radical (unpaired) electrons. The molecule has 0 bridgehead atoms. The molecule has 2 aromatic rings. The van der Waals surface area contributed by atoms with Crippen molar-refractivity contribution in [3.8, 4) is 17.2 Å². The lowest BCUT2D eigenvalue weighted by molar-refractivity contribution is -0.139. The molecule has 2 heterocycles. The summed E-state index contributed by atoms with van der Waals surface area (Å²) in [7, 11) is 0. The SMILES string of the molecule is CC(=O)c1cc(F)ccc1OCC1CN(C(=O)CCc2ccc3c(c2)OCO3)CCO1. The van der Waals surface area contributed by atoms with Gasteiger partial charge >= 0.3 is 0 Å². The Balaban J connectivity index is 1.29. The van der Waals surface area contributed by atoms with Crippen molar-refractivity contribution >= 4 is 11.7 Å². The second-order valence-electron chi connectivity index (χ2n) is 7.53. The fourth-order valence-corrected chi connectivity index (χ4v) is 3.64. The summed E-state index contributed by atoms with van der Waals surface area (Å²) in [5.74, 6) is 1.01. The molecule has 1 fully saturated rings. The number of hydrogen-bond donors (Lipinski definition) is 0. The highest BCUT2D eigenvalue weighted by Gasteiger charge is 2.25. The fraction of sp³-hybridized carbons (Fsp3) is 0.391. The monoisotopic (exact) mass is 429 g/mol. The predicted molar refractivity (Wildman–Crippen MR) is 109 cm³/mol. The molecule has 31 heavy (non-hydrogen) atoms. The quantitative estimate of drug-likeness (QED) is 0.630. The third-order valence-electron chi connectivity index (χ3n) is 5.30. The van der Waals surface area contributed by atoms with Crippen molar-refractivity contribution in [3.05, 3.63) is 53.3 Å². The summed E-state index contributed by atoms with van der Waals surface area (Å²) in [6.07, 6.45) is 0.652. The van der Waals surface area contributed by atoms with Crippen molar-refractivity contribution in [1.82, 2.24) is 4.90 Å². The van der Waals surface area contributed by atoms with Crippen LogP contribution in [0.25, 0.3) is 0 Å². The number of aryl methyl sites for hydroxylation is 1. The summed E-state index contributed by atoms with van der Waals surface area (Å²) in [5, 5.41) is 0. The van der Waals surface area contributed by atoms with Crippen LogP contribution in [0.4, 0.5) is 4.39 Å². The van der Waals surface area contributed by atoms with Gasteiger partial charge in [0.05, 0.1) is 18.7 Å². The Hall–Kier alpha value is -3.13. The predicted octanol–water partition coefficient (Wildman–Crippen LogP) is 3.00. The van der Waals surface area contributed by atoms with Gasteiger partial charge in [0.15, 0.2) is 17.3 Å². The summed E-state index contributed by atoms with van der Waals surface area (Å²) < 4.78 is 35.5. The smallest absolute Gasteiger partial charge is 0.231 e. The average Bonchev–Trinajstić information content (AvgIpc) is 3.24. The molecule has 1 amide bonds. The van der Waals surface area contributed by atoms with Crippen LogP contribution in [0.5, 0.6) is 17.2 Å². The summed E-state index contributed by atoms with van der Waals surface area (Å²) in [4.78, 5) is 26.2. The molecular weight excluding hydrogens is 405 g/mol. The van der Waals surface area contributed by atoms with Gasteiger partial charge in [0.2, 0.25) is 12.7 Å². The van der Waals surface area contributed by atoms with Crippen molar-refractivity contribution in [2.75, 3.05) is 33.1 Å². The van der Waals surface area contributed by atoms with Crippen molar-refractivity contribution < 1.29 is 32.9 Å². The maximum atomic E-state index is 13.4. The van der Waals surface area contributed by atoms with E-state index in [1.165, 1.54) is 19.1 Å². The lowest BCUT2D eigenvalue weighted by Crippen LogP contribution is -2.47. The van der Waals surface area contributed by atoms with Gasteiger partial charge in [0.25, 0.3) is 0 Å². The maximum Gasteiger partial charge on any atom is 0.231 e. The number of ketones is 1. The number of halogens is 1. The first-order valence-corrected chi connectivity index (χ1v) is 10.2. The molecule has 0 aromatic heterocycles. The number of benzene rings is 2. The lowest BCUT2D eigenvalue weighted by atomic mass is 10.1. The van der Waals surface area contributed by atoms with E-state index in [4.69, 9.17) is 18.9 Å². The first kappa shape index (κ1) is 21.1. The molecule has 0 N–H and O–H groups in total. The van der Waals surface area contributed by atoms with Crippen LogP contribution in [0.2, 0.25) is 0 Å². The van der Waals surface area contributed by atoms with Crippen LogP contribution in [0, 0.1) is 5.82 Å². The molecule has 0 saturated carbocycles. The standard InChI is InChI=1S/C23H24FNO6/c1-15(26)19-11-17(24)4-6-20(19)29-13-18-12-25(8-9-28-18)23(27)7-3-16-2-5-21-22(10-16)31-14-30-21/h2,4-6,10-11,18H,3,7-9,12-14H2,1H3. The fourth-order valence-electron chi connectivity index (χ4n) is 3.64. The zero-order valence-corrected chi connectivity index (χ0v) is 17.3. The number of carbonyl (C=O) groups is 2. The van der Waals surface area contributed by atoms with Gasteiger partial charge in [-0.05, 0) is 49.2 Å². The molecule has 0 aliphatic carbocycles. The topological polar surface area (TPSA) is 74.3 Å². The Morgan fingerprint density at radius 3 is 2.84 bits per heavy atom. The second-order valence-corrected chi connectivity index (χ2v) is 7.53. The number of amides is 1. The van der Waals surface area contributed by atoms with E-state index >= 15 is 0 Å². The molecule has 1 saturated heterocycles. The highest BCUT2D eigenvalue weighted by molar-refractivity contribution is 5.96. The van der Waals surface area contributed by atoms with Gasteiger partial charge in [-0.1, -0.05) is 6.07 Å². The van der Waals surface area contributed by atoms with Crippen molar-refractivity contribution in [2.45, 2.75) is 25.9 Å². The summed E-state index contributed by atoms with van der Waals surface area (Å²) >= 11 is 0. The number of carbonyl (C=O) groups excluding carboxylic acids is 2. The molecule has 7 nitrogen and oxygen atoms in total. The van der Waals surface area contributed by atoms with Gasteiger partial charge < -0.3 is 23.8 Å². The molecule has 1 atom stereocenters. The van der Waals surface area contributed by atoms with Gasteiger partial charge in [-0.2, -0.15) is 0 Å². The first-order chi connectivity index (χ1) is 15.0. The Morgan fingerprint density at radius 2 is 2.00 bits per heavy atom. The number of fused-ring (bicyclic) bond motifs is 1. The van der Waals surface area contributed by atoms with Gasteiger partial charge in [-0.15, -0.1) is 0 Å². The van der Waals surface area contributed by atoms with E-state index in [-0.39, 0.29) is 36.8 Å². The number of morpholine rings is 1. The van der Waals surface area contributed by atoms with Gasteiger partial charge in [0, 0.05) is 13.0 Å². The largest absolute Gasteiger partial charge is 0.490 e. The minimum Gasteiger partial charge on any atom is -0.490 e. The minimum atomic E-state index is -0.495. The Bertz CT molecular complexity index is 979. The second kappa shape index (κ2) is 9.34. The van der Waals surface area contributed by atoms with Crippen LogP contribution in [0.1, 0.15) is 29.3 Å². The Kier molecular flexibility index (Phi) is 6.36. The third kappa shape index (κ3) is 5.14. The van der Waals surface area contributed by atoms with E-state index in [0.29, 0.717) is 44.0 Å². The van der Waals surface area contributed by atoms with Crippen LogP contribution >= 0.6 is 0 Å². The summed E-state index contributed by atoms with van der Waals surface area (Å²) in [6, 6.07) is 9.53. The van der Waals surface area contributed by atoms with E-state index in [1.807, 2.05) is 18.2 Å². The normalized spacial score (nSPS) is 17.5. The first-order valence-electron chi connectivity index (χ1n) is 10.2. The van der Waals surface area contributed by atoms with Gasteiger partial charge in [-0.3, -0.25) is 9.59 Å². The van der Waals surface area contributed by atoms with Crippen molar-refractivity contribution in [3.63, 3.8) is 0 Å². The zero-order valence-electron chi connectivity index (χ0n) is 17.3. The Labute approximate surface area is 179 Å².